The number of nitrogens with one attached hydrogen (secondary N) is 1. The van der Waals surface area contributed by atoms with E-state index < -0.39 is 11.9 Å². The fraction of sp³-hybridized carbons (Fsp3) is 0.0833. The minimum Gasteiger partial charge on any atom is -0.452 e. The molecule has 1 aromatic heterocycles. The summed E-state index contributed by atoms with van der Waals surface area (Å²) in [7, 11) is 0. The molecule has 0 aliphatic heterocycles. The van der Waals surface area contributed by atoms with E-state index in [2.05, 4.69) is 9.72 Å². The van der Waals surface area contributed by atoms with E-state index in [4.69, 9.17) is 4.74 Å². The van der Waals surface area contributed by atoms with Gasteiger partial charge in [-0.05, 0) is 36.4 Å². The van der Waals surface area contributed by atoms with Crippen molar-refractivity contribution in [3.8, 4) is 17.2 Å². The van der Waals surface area contributed by atoms with Crippen LogP contribution in [0.4, 0.5) is 13.2 Å². The second kappa shape index (κ2) is 5.05. The number of halogens is 3. The largest absolute Gasteiger partial charge is 0.573 e. The van der Waals surface area contributed by atoms with Crippen LogP contribution in [0.1, 0.15) is 0 Å². The van der Waals surface area contributed by atoms with Crippen LogP contribution in [0.5, 0.6) is 17.2 Å². The van der Waals surface area contributed by atoms with Crippen LogP contribution in [-0.2, 0) is 0 Å². The molecule has 100 valence electrons. The molecular weight excluding hydrogens is 263 g/mol. The Morgan fingerprint density at radius 2 is 1.63 bits per heavy atom. The summed E-state index contributed by atoms with van der Waals surface area (Å²) < 4.78 is 44.7. The van der Waals surface area contributed by atoms with Crippen LogP contribution >= 0.6 is 0 Å². The van der Waals surface area contributed by atoms with E-state index in [1.807, 2.05) is 0 Å². The molecule has 1 N–H and O–H groups in total. The molecule has 0 radical (unpaired) electrons. The first-order valence-corrected chi connectivity index (χ1v) is 5.15. The van der Waals surface area contributed by atoms with Crippen molar-refractivity contribution in [2.75, 3.05) is 0 Å². The van der Waals surface area contributed by atoms with Crippen LogP contribution in [0.25, 0.3) is 0 Å². The molecule has 2 rings (SSSR count). The Balaban J connectivity index is 2.11. The van der Waals surface area contributed by atoms with Crippen LogP contribution in [0, 0.1) is 0 Å². The summed E-state index contributed by atoms with van der Waals surface area (Å²) in [4.78, 5) is 13.7. The second-order valence-electron chi connectivity index (χ2n) is 3.48. The van der Waals surface area contributed by atoms with Crippen molar-refractivity contribution in [2.45, 2.75) is 6.36 Å². The predicted octanol–water partition coefficient (Wildman–Crippen LogP) is 3.07. The molecule has 0 aliphatic carbocycles. The molecule has 0 bridgehead atoms. The molecule has 0 saturated carbocycles. The van der Waals surface area contributed by atoms with Gasteiger partial charge in [-0.15, -0.1) is 13.2 Å². The van der Waals surface area contributed by atoms with Gasteiger partial charge in [-0.1, -0.05) is 0 Å². The van der Waals surface area contributed by atoms with Gasteiger partial charge in [-0.3, -0.25) is 4.79 Å². The Morgan fingerprint density at radius 1 is 1.00 bits per heavy atom. The van der Waals surface area contributed by atoms with Crippen molar-refractivity contribution in [1.82, 2.24) is 4.98 Å². The first kappa shape index (κ1) is 13.0. The van der Waals surface area contributed by atoms with Gasteiger partial charge in [0.15, 0.2) is 5.75 Å². The average molecular weight is 271 g/mol. The van der Waals surface area contributed by atoms with Crippen molar-refractivity contribution < 1.29 is 22.6 Å². The smallest absolute Gasteiger partial charge is 0.452 e. The summed E-state index contributed by atoms with van der Waals surface area (Å²) >= 11 is 0. The van der Waals surface area contributed by atoms with Crippen LogP contribution in [0.15, 0.2) is 47.4 Å². The van der Waals surface area contributed by atoms with E-state index in [0.29, 0.717) is 0 Å². The van der Waals surface area contributed by atoms with Gasteiger partial charge < -0.3 is 14.5 Å². The molecule has 0 spiro atoms. The summed E-state index contributed by atoms with van der Waals surface area (Å²) in [5, 5.41) is 0. The number of alkyl halides is 3. The van der Waals surface area contributed by atoms with Crippen molar-refractivity contribution >= 4 is 0 Å². The molecule has 7 heteroatoms. The predicted molar refractivity (Wildman–Crippen MR) is 60.3 cm³/mol. The lowest BCUT2D eigenvalue weighted by Crippen LogP contribution is -2.16. The maximum atomic E-state index is 11.9. The summed E-state index contributed by atoms with van der Waals surface area (Å²) in [5.74, 6) is -0.0833. The molecule has 0 unspecified atom stereocenters. The Hall–Kier alpha value is -2.44. The molecule has 0 atom stereocenters. The number of H-pyrrole nitrogens is 1. The average Bonchev–Trinajstić information content (AvgIpc) is 2.33. The van der Waals surface area contributed by atoms with E-state index >= 15 is 0 Å². The van der Waals surface area contributed by atoms with Crippen molar-refractivity contribution in [3.05, 3.63) is 52.9 Å². The summed E-state index contributed by atoms with van der Waals surface area (Å²) in [5.41, 5.74) is -0.432. The minimum absolute atomic E-state index is 0.0481. The Kier molecular flexibility index (Phi) is 3.46. The lowest BCUT2D eigenvalue weighted by atomic mass is 10.3. The third-order valence-corrected chi connectivity index (χ3v) is 2.07. The number of hydrogen-bond acceptors (Lipinski definition) is 3. The molecular formula is C12H8F3NO3. The van der Waals surface area contributed by atoms with Gasteiger partial charge in [0.05, 0.1) is 0 Å². The van der Waals surface area contributed by atoms with Crippen molar-refractivity contribution in [1.29, 1.82) is 0 Å². The van der Waals surface area contributed by atoms with Gasteiger partial charge in [0.25, 0.3) is 5.56 Å². The monoisotopic (exact) mass is 271 g/mol. The van der Waals surface area contributed by atoms with Gasteiger partial charge >= 0.3 is 6.36 Å². The normalized spacial score (nSPS) is 11.1. The van der Waals surface area contributed by atoms with E-state index in [9.17, 15) is 18.0 Å². The third-order valence-electron chi connectivity index (χ3n) is 2.07. The molecule has 0 fully saturated rings. The standard InChI is InChI=1S/C12H8F3NO3/c13-12(14,15)19-9-5-3-8(4-6-9)18-10-2-1-7-16-11(10)17/h1-7H,(H,16,17). The van der Waals surface area contributed by atoms with Gasteiger partial charge in [0.1, 0.15) is 11.5 Å². The van der Waals surface area contributed by atoms with Crippen molar-refractivity contribution in [2.24, 2.45) is 0 Å². The lowest BCUT2D eigenvalue weighted by molar-refractivity contribution is -0.274. The summed E-state index contributed by atoms with van der Waals surface area (Å²) in [6.07, 6.45) is -3.30. The van der Waals surface area contributed by atoms with E-state index in [0.717, 1.165) is 12.1 Å². The fourth-order valence-electron chi connectivity index (χ4n) is 1.32. The Bertz CT molecular complexity index is 605. The van der Waals surface area contributed by atoms with Crippen molar-refractivity contribution in [3.63, 3.8) is 0 Å². The van der Waals surface area contributed by atoms with Crippen LogP contribution in [-0.4, -0.2) is 11.3 Å². The first-order valence-electron chi connectivity index (χ1n) is 5.15. The summed E-state index contributed by atoms with van der Waals surface area (Å²) in [6.45, 7) is 0. The lowest BCUT2D eigenvalue weighted by Gasteiger charge is -2.09. The number of ether oxygens (including phenoxy) is 2. The number of aromatic amines is 1. The zero-order valence-corrected chi connectivity index (χ0v) is 9.40. The molecule has 4 nitrogen and oxygen atoms in total. The highest BCUT2D eigenvalue weighted by Gasteiger charge is 2.30. The highest BCUT2D eigenvalue weighted by molar-refractivity contribution is 5.34. The zero-order chi connectivity index (χ0) is 13.9. The Morgan fingerprint density at radius 3 is 2.21 bits per heavy atom. The minimum atomic E-state index is -4.74. The molecule has 19 heavy (non-hydrogen) atoms. The second-order valence-corrected chi connectivity index (χ2v) is 3.48. The molecule has 1 heterocycles. The highest BCUT2D eigenvalue weighted by atomic mass is 19.4. The zero-order valence-electron chi connectivity index (χ0n) is 9.40. The molecule has 0 saturated heterocycles. The number of hydrogen-bond donors (Lipinski definition) is 1. The fourth-order valence-corrected chi connectivity index (χ4v) is 1.32. The van der Waals surface area contributed by atoms with Crippen LogP contribution in [0.3, 0.4) is 0 Å². The van der Waals surface area contributed by atoms with Crippen LogP contribution in [0.2, 0.25) is 0 Å². The molecule has 2 aromatic rings. The SMILES string of the molecule is O=c1[nH]cccc1Oc1ccc(OC(F)(F)F)cc1. The number of benzene rings is 1. The third kappa shape index (κ3) is 3.77. The van der Waals surface area contributed by atoms with Gasteiger partial charge in [-0.2, -0.15) is 0 Å². The highest BCUT2D eigenvalue weighted by Crippen LogP contribution is 2.26. The first-order chi connectivity index (χ1) is 8.94. The number of aromatic nitrogens is 1. The number of pyridine rings is 1. The van der Waals surface area contributed by atoms with E-state index in [1.54, 1.807) is 6.07 Å². The Labute approximate surface area is 105 Å². The van der Waals surface area contributed by atoms with Crippen LogP contribution < -0.4 is 15.0 Å². The molecule has 0 amide bonds. The quantitative estimate of drug-likeness (QED) is 0.933. The number of rotatable bonds is 3. The van der Waals surface area contributed by atoms with E-state index in [1.165, 1.54) is 24.4 Å². The molecule has 0 aliphatic rings. The van der Waals surface area contributed by atoms with E-state index in [-0.39, 0.29) is 17.2 Å². The van der Waals surface area contributed by atoms with Gasteiger partial charge in [0.2, 0.25) is 0 Å². The van der Waals surface area contributed by atoms with Gasteiger partial charge in [-0.25, -0.2) is 0 Å². The van der Waals surface area contributed by atoms with Gasteiger partial charge in [0, 0.05) is 6.20 Å². The maximum Gasteiger partial charge on any atom is 0.573 e. The summed E-state index contributed by atoms with van der Waals surface area (Å²) in [6, 6.07) is 7.75. The molecule has 1 aromatic carbocycles. The maximum absolute atomic E-state index is 11.9. The topological polar surface area (TPSA) is 51.3 Å².